The molecule has 10 heavy (non-hydrogen) atoms. The molecule has 0 saturated heterocycles. The van der Waals surface area contributed by atoms with Gasteiger partial charge in [0.25, 0.3) is 0 Å². The van der Waals surface area contributed by atoms with Gasteiger partial charge in [-0.05, 0) is 18.4 Å². The number of carbonyl (C=O) groups is 1. The van der Waals surface area contributed by atoms with E-state index < -0.39 is 5.97 Å². The Labute approximate surface area is 60.5 Å². The number of aliphatic carboxylic acids is 1. The fourth-order valence-electron chi connectivity index (χ4n) is 0.716. The standard InChI is InChI=1S/C7H13NO2/c1-3-5(7(9)10)6(8)4-2/h3-4,8H2,1-2H3,(H,9,10)/p-1/b6-5-. The van der Waals surface area contributed by atoms with Crippen molar-refractivity contribution < 1.29 is 9.90 Å². The van der Waals surface area contributed by atoms with Crippen molar-refractivity contribution in [1.82, 2.24) is 0 Å². The summed E-state index contributed by atoms with van der Waals surface area (Å²) >= 11 is 0. The van der Waals surface area contributed by atoms with Gasteiger partial charge in [-0.1, -0.05) is 13.8 Å². The Morgan fingerprint density at radius 3 is 2.00 bits per heavy atom. The monoisotopic (exact) mass is 142 g/mol. The molecule has 0 aliphatic rings. The van der Waals surface area contributed by atoms with Crippen molar-refractivity contribution >= 4 is 5.97 Å². The lowest BCUT2D eigenvalue weighted by molar-refractivity contribution is -0.299. The first-order valence-corrected chi connectivity index (χ1v) is 3.32. The highest BCUT2D eigenvalue weighted by Crippen LogP contribution is 2.05. The third-order valence-corrected chi connectivity index (χ3v) is 1.37. The second kappa shape index (κ2) is 3.93. The average Bonchev–Trinajstić information content (AvgIpc) is 1.88. The van der Waals surface area contributed by atoms with E-state index in [0.717, 1.165) is 0 Å². The Morgan fingerprint density at radius 1 is 1.40 bits per heavy atom. The zero-order valence-corrected chi connectivity index (χ0v) is 6.31. The first-order chi connectivity index (χ1) is 4.63. The lowest BCUT2D eigenvalue weighted by Gasteiger charge is -2.08. The summed E-state index contributed by atoms with van der Waals surface area (Å²) in [4.78, 5) is 10.3. The predicted octanol–water partition coefficient (Wildman–Crippen LogP) is -0.231. The summed E-state index contributed by atoms with van der Waals surface area (Å²) < 4.78 is 0. The molecule has 0 spiro atoms. The Kier molecular flexibility index (Phi) is 3.54. The maximum atomic E-state index is 10.3. The van der Waals surface area contributed by atoms with Crippen molar-refractivity contribution in [2.45, 2.75) is 26.7 Å². The molecule has 2 N–H and O–H groups in total. The highest BCUT2D eigenvalue weighted by molar-refractivity contribution is 5.85. The van der Waals surface area contributed by atoms with Crippen molar-refractivity contribution in [3.63, 3.8) is 0 Å². The Morgan fingerprint density at radius 2 is 1.90 bits per heavy atom. The van der Waals surface area contributed by atoms with Crippen LogP contribution in [-0.4, -0.2) is 5.97 Å². The Bertz CT molecular complexity index is 161. The molecule has 0 atom stereocenters. The van der Waals surface area contributed by atoms with E-state index in [1.54, 1.807) is 6.92 Å². The minimum Gasteiger partial charge on any atom is -0.545 e. The molecule has 0 saturated carbocycles. The third kappa shape index (κ3) is 2.09. The van der Waals surface area contributed by atoms with Crippen LogP contribution in [-0.2, 0) is 4.79 Å². The number of carboxylic acid groups (broad SMARTS) is 1. The van der Waals surface area contributed by atoms with Crippen LogP contribution in [0.15, 0.2) is 11.3 Å². The van der Waals surface area contributed by atoms with Crippen LogP contribution in [0.4, 0.5) is 0 Å². The number of allylic oxidation sites excluding steroid dienone is 1. The van der Waals surface area contributed by atoms with Crippen molar-refractivity contribution in [2.24, 2.45) is 5.73 Å². The molecular weight excluding hydrogens is 130 g/mol. The lowest BCUT2D eigenvalue weighted by Crippen LogP contribution is -2.26. The fourth-order valence-corrected chi connectivity index (χ4v) is 0.716. The Hall–Kier alpha value is -0.990. The zero-order chi connectivity index (χ0) is 8.15. The van der Waals surface area contributed by atoms with Crippen LogP contribution >= 0.6 is 0 Å². The van der Waals surface area contributed by atoms with Gasteiger partial charge in [0.1, 0.15) is 0 Å². The second-order valence-electron chi connectivity index (χ2n) is 2.00. The van der Waals surface area contributed by atoms with Gasteiger partial charge in [0.2, 0.25) is 0 Å². The van der Waals surface area contributed by atoms with Crippen LogP contribution in [0.1, 0.15) is 26.7 Å². The van der Waals surface area contributed by atoms with Crippen LogP contribution in [0.3, 0.4) is 0 Å². The highest BCUT2D eigenvalue weighted by atomic mass is 16.4. The molecule has 0 bridgehead atoms. The van der Waals surface area contributed by atoms with Gasteiger partial charge in [-0.25, -0.2) is 0 Å². The summed E-state index contributed by atoms with van der Waals surface area (Å²) in [7, 11) is 0. The number of hydrogen-bond donors (Lipinski definition) is 1. The van der Waals surface area contributed by atoms with Gasteiger partial charge < -0.3 is 15.6 Å². The molecule has 0 aliphatic carbocycles. The van der Waals surface area contributed by atoms with E-state index in [4.69, 9.17) is 5.73 Å². The molecular formula is C7H12NO2-. The molecule has 0 aromatic rings. The van der Waals surface area contributed by atoms with Gasteiger partial charge in [0.15, 0.2) is 0 Å². The molecule has 0 amide bonds. The molecule has 0 aliphatic heterocycles. The summed E-state index contributed by atoms with van der Waals surface area (Å²) in [6, 6.07) is 0. The van der Waals surface area contributed by atoms with Crippen molar-refractivity contribution in [3.05, 3.63) is 11.3 Å². The Balaban J connectivity index is 4.45. The van der Waals surface area contributed by atoms with Crippen LogP contribution in [0.5, 0.6) is 0 Å². The van der Waals surface area contributed by atoms with Gasteiger partial charge in [0, 0.05) is 5.70 Å². The van der Waals surface area contributed by atoms with Crippen LogP contribution in [0, 0.1) is 0 Å². The van der Waals surface area contributed by atoms with E-state index in [9.17, 15) is 9.90 Å². The fraction of sp³-hybridized carbons (Fsp3) is 0.571. The number of hydrogen-bond acceptors (Lipinski definition) is 3. The van der Waals surface area contributed by atoms with Crippen molar-refractivity contribution in [1.29, 1.82) is 0 Å². The summed E-state index contributed by atoms with van der Waals surface area (Å²) in [5.74, 6) is -1.15. The maximum absolute atomic E-state index is 10.3. The molecule has 0 fully saturated rings. The van der Waals surface area contributed by atoms with Gasteiger partial charge in [0.05, 0.1) is 5.97 Å². The summed E-state index contributed by atoms with van der Waals surface area (Å²) in [6.45, 7) is 3.56. The van der Waals surface area contributed by atoms with Gasteiger partial charge in [-0.2, -0.15) is 0 Å². The number of rotatable bonds is 3. The molecule has 0 unspecified atom stereocenters. The SMILES string of the molecule is CC/C(N)=C(\CC)C(=O)[O-]. The van der Waals surface area contributed by atoms with E-state index in [2.05, 4.69) is 0 Å². The van der Waals surface area contributed by atoms with Crippen molar-refractivity contribution in [2.75, 3.05) is 0 Å². The molecule has 3 heteroatoms. The topological polar surface area (TPSA) is 66.2 Å². The van der Waals surface area contributed by atoms with Gasteiger partial charge >= 0.3 is 0 Å². The highest BCUT2D eigenvalue weighted by Gasteiger charge is 1.98. The van der Waals surface area contributed by atoms with Crippen LogP contribution < -0.4 is 10.8 Å². The first-order valence-electron chi connectivity index (χ1n) is 3.32. The molecule has 0 aromatic heterocycles. The number of nitrogens with two attached hydrogens (primary N) is 1. The summed E-state index contributed by atoms with van der Waals surface area (Å²) in [6.07, 6.45) is 0.999. The predicted molar refractivity (Wildman–Crippen MR) is 36.8 cm³/mol. The number of carbonyl (C=O) groups excluding carboxylic acids is 1. The van der Waals surface area contributed by atoms with E-state index in [1.165, 1.54) is 0 Å². The van der Waals surface area contributed by atoms with Gasteiger partial charge in [-0.15, -0.1) is 0 Å². The van der Waals surface area contributed by atoms with Crippen LogP contribution in [0.25, 0.3) is 0 Å². The minimum absolute atomic E-state index is 0.225. The van der Waals surface area contributed by atoms with E-state index in [-0.39, 0.29) is 5.57 Å². The molecule has 0 heterocycles. The van der Waals surface area contributed by atoms with Crippen molar-refractivity contribution in [3.8, 4) is 0 Å². The molecule has 58 valence electrons. The summed E-state index contributed by atoms with van der Waals surface area (Å²) in [5.41, 5.74) is 6.03. The smallest absolute Gasteiger partial charge is 0.0691 e. The maximum Gasteiger partial charge on any atom is 0.0691 e. The molecule has 0 aromatic carbocycles. The zero-order valence-electron chi connectivity index (χ0n) is 6.31. The van der Waals surface area contributed by atoms with E-state index in [1.807, 2.05) is 6.92 Å². The molecule has 3 nitrogen and oxygen atoms in total. The first kappa shape index (κ1) is 9.01. The molecule has 0 rings (SSSR count). The minimum atomic E-state index is -1.15. The van der Waals surface area contributed by atoms with E-state index >= 15 is 0 Å². The van der Waals surface area contributed by atoms with Gasteiger partial charge in [-0.3, -0.25) is 0 Å². The average molecular weight is 142 g/mol. The normalized spacial score (nSPS) is 12.6. The third-order valence-electron chi connectivity index (χ3n) is 1.37. The number of carboxylic acids is 1. The molecule has 0 radical (unpaired) electrons. The second-order valence-corrected chi connectivity index (χ2v) is 2.00. The summed E-state index contributed by atoms with van der Waals surface area (Å²) in [5, 5.41) is 10.3. The quantitative estimate of drug-likeness (QED) is 0.553. The lowest BCUT2D eigenvalue weighted by atomic mass is 10.1. The van der Waals surface area contributed by atoms with E-state index in [0.29, 0.717) is 18.5 Å². The van der Waals surface area contributed by atoms with Crippen LogP contribution in [0.2, 0.25) is 0 Å². The largest absolute Gasteiger partial charge is 0.545 e.